The third-order valence-electron chi connectivity index (χ3n) is 5.30. The van der Waals surface area contributed by atoms with Crippen LogP contribution >= 0.6 is 11.6 Å². The van der Waals surface area contributed by atoms with Crippen LogP contribution in [0.25, 0.3) is 0 Å². The average molecular weight is 400 g/mol. The zero-order chi connectivity index (χ0) is 19.9. The molecule has 2 aromatic carbocycles. The molecular formula is C22H26ClN3O2. The molecule has 3 unspecified atom stereocenters. The lowest BCUT2D eigenvalue weighted by atomic mass is 10.0. The lowest BCUT2D eigenvalue weighted by molar-refractivity contribution is -0.123. The van der Waals surface area contributed by atoms with E-state index in [1.807, 2.05) is 30.3 Å². The van der Waals surface area contributed by atoms with E-state index in [4.69, 9.17) is 17.3 Å². The Morgan fingerprint density at radius 1 is 1.07 bits per heavy atom. The topological polar surface area (TPSA) is 84.2 Å². The summed E-state index contributed by atoms with van der Waals surface area (Å²) in [7, 11) is 0. The van der Waals surface area contributed by atoms with Gasteiger partial charge in [0.25, 0.3) is 5.91 Å². The average Bonchev–Trinajstić information content (AvgIpc) is 3.15. The summed E-state index contributed by atoms with van der Waals surface area (Å²) in [6, 6.07) is 15.7. The molecule has 3 rings (SSSR count). The van der Waals surface area contributed by atoms with E-state index in [2.05, 4.69) is 10.6 Å². The minimum atomic E-state index is -0.662. The fourth-order valence-corrected chi connectivity index (χ4v) is 3.82. The van der Waals surface area contributed by atoms with Crippen LogP contribution < -0.4 is 16.4 Å². The maximum absolute atomic E-state index is 13.0. The van der Waals surface area contributed by atoms with Crippen LogP contribution in [0.5, 0.6) is 0 Å². The zero-order valence-corrected chi connectivity index (χ0v) is 16.5. The molecule has 0 aliphatic heterocycles. The molecule has 2 amide bonds. The highest BCUT2D eigenvalue weighted by Crippen LogP contribution is 2.24. The first-order valence-electron chi connectivity index (χ1n) is 9.67. The van der Waals surface area contributed by atoms with E-state index < -0.39 is 6.04 Å². The van der Waals surface area contributed by atoms with Crippen LogP contribution in [0.15, 0.2) is 54.6 Å². The van der Waals surface area contributed by atoms with Crippen LogP contribution in [0.4, 0.5) is 0 Å². The van der Waals surface area contributed by atoms with Gasteiger partial charge in [-0.1, -0.05) is 48.4 Å². The summed E-state index contributed by atoms with van der Waals surface area (Å²) in [6.45, 7) is 0.561. The SMILES string of the molecule is NCC1CCCC1NC(=O)C(Cc1ccccc1)NC(=O)c1ccc(Cl)cc1. The lowest BCUT2D eigenvalue weighted by Crippen LogP contribution is -2.52. The summed E-state index contributed by atoms with van der Waals surface area (Å²) >= 11 is 5.90. The highest BCUT2D eigenvalue weighted by molar-refractivity contribution is 6.30. The highest BCUT2D eigenvalue weighted by atomic mass is 35.5. The molecule has 2 aromatic rings. The minimum absolute atomic E-state index is 0.0724. The normalized spacial score (nSPS) is 19.8. The Kier molecular flexibility index (Phi) is 7.06. The summed E-state index contributed by atoms with van der Waals surface area (Å²) in [5.41, 5.74) is 7.29. The van der Waals surface area contributed by atoms with Crippen molar-refractivity contribution >= 4 is 23.4 Å². The molecule has 28 heavy (non-hydrogen) atoms. The van der Waals surface area contributed by atoms with Gasteiger partial charge in [0.2, 0.25) is 5.91 Å². The molecule has 0 aromatic heterocycles. The largest absolute Gasteiger partial charge is 0.351 e. The minimum Gasteiger partial charge on any atom is -0.351 e. The summed E-state index contributed by atoms with van der Waals surface area (Å²) < 4.78 is 0. The Bertz CT molecular complexity index is 795. The summed E-state index contributed by atoms with van der Waals surface area (Å²) in [6.07, 6.45) is 3.44. The second kappa shape index (κ2) is 9.71. The molecule has 0 radical (unpaired) electrons. The number of hydrogen-bond donors (Lipinski definition) is 3. The van der Waals surface area contributed by atoms with Crippen LogP contribution in [-0.4, -0.2) is 30.4 Å². The van der Waals surface area contributed by atoms with Crippen molar-refractivity contribution in [2.45, 2.75) is 37.8 Å². The van der Waals surface area contributed by atoms with Gasteiger partial charge in [-0.05, 0) is 55.1 Å². The fraction of sp³-hybridized carbons (Fsp3) is 0.364. The van der Waals surface area contributed by atoms with Crippen LogP contribution in [0.2, 0.25) is 5.02 Å². The van der Waals surface area contributed by atoms with Crippen molar-refractivity contribution in [3.05, 3.63) is 70.7 Å². The molecule has 0 spiro atoms. The van der Waals surface area contributed by atoms with Crippen molar-refractivity contribution in [3.8, 4) is 0 Å². The van der Waals surface area contributed by atoms with Gasteiger partial charge in [0.1, 0.15) is 6.04 Å². The van der Waals surface area contributed by atoms with Crippen LogP contribution in [-0.2, 0) is 11.2 Å². The maximum Gasteiger partial charge on any atom is 0.251 e. The second-order valence-corrected chi connectivity index (χ2v) is 7.70. The van der Waals surface area contributed by atoms with E-state index in [1.54, 1.807) is 24.3 Å². The molecule has 3 atom stereocenters. The number of halogens is 1. The summed E-state index contributed by atoms with van der Waals surface area (Å²) in [5.74, 6) is -0.167. The maximum atomic E-state index is 13.0. The van der Waals surface area contributed by atoms with Crippen molar-refractivity contribution in [1.82, 2.24) is 10.6 Å². The van der Waals surface area contributed by atoms with E-state index in [9.17, 15) is 9.59 Å². The summed E-state index contributed by atoms with van der Waals surface area (Å²) in [4.78, 5) is 25.7. The lowest BCUT2D eigenvalue weighted by Gasteiger charge is -2.24. The third kappa shape index (κ3) is 5.33. The smallest absolute Gasteiger partial charge is 0.251 e. The van der Waals surface area contributed by atoms with Gasteiger partial charge in [-0.3, -0.25) is 9.59 Å². The molecule has 1 aliphatic rings. The molecule has 1 aliphatic carbocycles. The molecule has 148 valence electrons. The summed E-state index contributed by atoms with van der Waals surface area (Å²) in [5, 5.41) is 6.55. The van der Waals surface area contributed by atoms with Crippen molar-refractivity contribution in [2.24, 2.45) is 11.7 Å². The van der Waals surface area contributed by atoms with Gasteiger partial charge in [-0.25, -0.2) is 0 Å². The van der Waals surface area contributed by atoms with Crippen LogP contribution in [0.1, 0.15) is 35.2 Å². The van der Waals surface area contributed by atoms with Crippen molar-refractivity contribution in [1.29, 1.82) is 0 Å². The molecule has 1 fully saturated rings. The first kappa shape index (κ1) is 20.4. The molecule has 6 heteroatoms. The van der Waals surface area contributed by atoms with Gasteiger partial charge in [-0.15, -0.1) is 0 Å². The van der Waals surface area contributed by atoms with Crippen molar-refractivity contribution in [2.75, 3.05) is 6.54 Å². The first-order chi connectivity index (χ1) is 13.6. The van der Waals surface area contributed by atoms with Gasteiger partial charge in [0, 0.05) is 23.0 Å². The number of amides is 2. The predicted molar refractivity (Wildman–Crippen MR) is 111 cm³/mol. The molecule has 0 saturated heterocycles. The molecular weight excluding hydrogens is 374 g/mol. The van der Waals surface area contributed by atoms with E-state index in [1.165, 1.54) is 0 Å². The fourth-order valence-electron chi connectivity index (χ4n) is 3.69. The van der Waals surface area contributed by atoms with Gasteiger partial charge in [0.05, 0.1) is 0 Å². The Labute approximate surface area is 170 Å². The van der Waals surface area contributed by atoms with Gasteiger partial charge >= 0.3 is 0 Å². The molecule has 0 bridgehead atoms. The standard InChI is InChI=1S/C22H26ClN3O2/c23-18-11-9-16(10-12-18)21(27)26-20(13-15-5-2-1-3-6-15)22(28)25-19-8-4-7-17(19)14-24/h1-3,5-6,9-12,17,19-20H,4,7-8,13-14,24H2,(H,25,28)(H,26,27). The van der Waals surface area contributed by atoms with Gasteiger partial charge in [0.15, 0.2) is 0 Å². The number of rotatable bonds is 7. The number of carbonyl (C=O) groups excluding carboxylic acids is 2. The second-order valence-electron chi connectivity index (χ2n) is 7.26. The van der Waals surface area contributed by atoms with E-state index >= 15 is 0 Å². The number of carbonyl (C=O) groups is 2. The molecule has 4 N–H and O–H groups in total. The first-order valence-corrected chi connectivity index (χ1v) is 10.1. The van der Waals surface area contributed by atoms with Crippen molar-refractivity contribution < 1.29 is 9.59 Å². The van der Waals surface area contributed by atoms with Gasteiger partial charge < -0.3 is 16.4 Å². The Morgan fingerprint density at radius 2 is 1.79 bits per heavy atom. The highest BCUT2D eigenvalue weighted by Gasteiger charge is 2.30. The predicted octanol–water partition coefficient (Wildman–Crippen LogP) is 2.92. The zero-order valence-electron chi connectivity index (χ0n) is 15.7. The Balaban J connectivity index is 1.73. The van der Waals surface area contributed by atoms with E-state index in [0.717, 1.165) is 24.8 Å². The number of nitrogens with one attached hydrogen (secondary N) is 2. The third-order valence-corrected chi connectivity index (χ3v) is 5.55. The van der Waals surface area contributed by atoms with Crippen LogP contribution in [0, 0.1) is 5.92 Å². The Morgan fingerprint density at radius 3 is 2.46 bits per heavy atom. The quantitative estimate of drug-likeness (QED) is 0.669. The van der Waals surface area contributed by atoms with Gasteiger partial charge in [-0.2, -0.15) is 0 Å². The molecule has 5 nitrogen and oxygen atoms in total. The van der Waals surface area contributed by atoms with E-state index in [0.29, 0.717) is 29.5 Å². The van der Waals surface area contributed by atoms with E-state index in [-0.39, 0.29) is 17.9 Å². The number of hydrogen-bond acceptors (Lipinski definition) is 3. The number of benzene rings is 2. The molecule has 1 saturated carbocycles. The van der Waals surface area contributed by atoms with Crippen LogP contribution in [0.3, 0.4) is 0 Å². The Hall–Kier alpha value is -2.37. The van der Waals surface area contributed by atoms with Crippen molar-refractivity contribution in [3.63, 3.8) is 0 Å². The monoisotopic (exact) mass is 399 g/mol. The molecule has 0 heterocycles. The number of nitrogens with two attached hydrogens (primary N) is 1.